The Hall–Kier alpha value is -0.870. The Morgan fingerprint density at radius 1 is 1.69 bits per heavy atom. The van der Waals surface area contributed by atoms with E-state index in [-0.39, 0.29) is 11.6 Å². The van der Waals surface area contributed by atoms with Crippen molar-refractivity contribution in [3.63, 3.8) is 0 Å². The van der Waals surface area contributed by atoms with Gasteiger partial charge in [-0.05, 0) is 19.4 Å². The van der Waals surface area contributed by atoms with Crippen LogP contribution in [-0.2, 0) is 4.79 Å². The second-order valence-electron chi connectivity index (χ2n) is 3.55. The molecular formula is C9H16N2O2. The molecular weight excluding hydrogens is 168 g/mol. The summed E-state index contributed by atoms with van der Waals surface area (Å²) in [5.41, 5.74) is 6.00. The zero-order valence-electron chi connectivity index (χ0n) is 7.70. The van der Waals surface area contributed by atoms with E-state index >= 15 is 0 Å². The van der Waals surface area contributed by atoms with Crippen molar-refractivity contribution in [1.82, 2.24) is 4.90 Å². The summed E-state index contributed by atoms with van der Waals surface area (Å²) in [6.45, 7) is 5.64. The molecule has 0 saturated carbocycles. The van der Waals surface area contributed by atoms with Crippen LogP contribution in [0, 0.1) is 0 Å². The molecule has 0 aromatic rings. The molecule has 0 radical (unpaired) electrons. The number of carboxylic acid groups (broad SMARTS) is 1. The molecule has 1 heterocycles. The number of rotatable bonds is 3. The monoisotopic (exact) mass is 184 g/mol. The van der Waals surface area contributed by atoms with Gasteiger partial charge in [0.1, 0.15) is 0 Å². The lowest BCUT2D eigenvalue weighted by Gasteiger charge is -2.30. The minimum atomic E-state index is -0.917. The van der Waals surface area contributed by atoms with E-state index in [1.165, 1.54) is 0 Å². The summed E-state index contributed by atoms with van der Waals surface area (Å²) < 4.78 is 0. The van der Waals surface area contributed by atoms with E-state index in [0.717, 1.165) is 25.9 Å². The maximum atomic E-state index is 10.5. The van der Waals surface area contributed by atoms with Crippen molar-refractivity contribution >= 4 is 5.97 Å². The summed E-state index contributed by atoms with van der Waals surface area (Å²) in [5, 5.41) is 8.62. The normalized spacial score (nSPS) is 24.2. The maximum Gasteiger partial charge on any atom is 0.332 e. The number of likely N-dealkylation sites (tertiary alicyclic amines) is 1. The number of carbonyl (C=O) groups is 1. The fourth-order valence-corrected chi connectivity index (χ4v) is 1.57. The molecule has 1 atom stereocenters. The third kappa shape index (κ3) is 3.16. The highest BCUT2D eigenvalue weighted by molar-refractivity contribution is 5.86. The molecule has 3 N–H and O–H groups in total. The van der Waals surface area contributed by atoms with E-state index in [4.69, 9.17) is 10.8 Å². The largest absolute Gasteiger partial charge is 0.478 e. The van der Waals surface area contributed by atoms with E-state index in [0.29, 0.717) is 6.54 Å². The second-order valence-corrected chi connectivity index (χ2v) is 3.55. The molecule has 1 aliphatic heterocycles. The van der Waals surface area contributed by atoms with Gasteiger partial charge in [-0.25, -0.2) is 4.79 Å². The average molecular weight is 184 g/mol. The first kappa shape index (κ1) is 10.2. The second kappa shape index (κ2) is 4.39. The van der Waals surface area contributed by atoms with Crippen LogP contribution in [0.3, 0.4) is 0 Å². The van der Waals surface area contributed by atoms with Gasteiger partial charge in [-0.1, -0.05) is 6.58 Å². The predicted octanol–water partition coefficient (Wildman–Crippen LogP) is 0.0503. The summed E-state index contributed by atoms with van der Waals surface area (Å²) in [7, 11) is 0. The van der Waals surface area contributed by atoms with Gasteiger partial charge in [-0.3, -0.25) is 4.90 Å². The van der Waals surface area contributed by atoms with Gasteiger partial charge in [0.15, 0.2) is 0 Å². The van der Waals surface area contributed by atoms with Crippen LogP contribution in [0.15, 0.2) is 12.2 Å². The summed E-state index contributed by atoms with van der Waals surface area (Å²) >= 11 is 0. The van der Waals surface area contributed by atoms with Crippen LogP contribution in [-0.4, -0.2) is 41.7 Å². The molecule has 1 saturated heterocycles. The SMILES string of the molecule is C=C(CN1CCCC(N)C1)C(=O)O. The third-order valence-corrected chi connectivity index (χ3v) is 2.26. The number of nitrogens with two attached hydrogens (primary N) is 1. The molecule has 74 valence electrons. The Bertz CT molecular complexity index is 216. The van der Waals surface area contributed by atoms with Gasteiger partial charge in [-0.15, -0.1) is 0 Å². The topological polar surface area (TPSA) is 66.6 Å². The maximum absolute atomic E-state index is 10.5. The van der Waals surface area contributed by atoms with E-state index in [1.807, 2.05) is 4.90 Å². The highest BCUT2D eigenvalue weighted by Gasteiger charge is 2.18. The molecule has 1 aliphatic rings. The highest BCUT2D eigenvalue weighted by atomic mass is 16.4. The van der Waals surface area contributed by atoms with Crippen molar-refractivity contribution in [1.29, 1.82) is 0 Å². The minimum absolute atomic E-state index is 0.190. The summed E-state index contributed by atoms with van der Waals surface area (Å²) in [6, 6.07) is 0.190. The van der Waals surface area contributed by atoms with Crippen molar-refractivity contribution in [3.8, 4) is 0 Å². The van der Waals surface area contributed by atoms with Gasteiger partial charge in [0, 0.05) is 24.7 Å². The lowest BCUT2D eigenvalue weighted by molar-refractivity contribution is -0.132. The Morgan fingerprint density at radius 3 is 2.92 bits per heavy atom. The van der Waals surface area contributed by atoms with Gasteiger partial charge in [0.2, 0.25) is 0 Å². The van der Waals surface area contributed by atoms with Crippen molar-refractivity contribution < 1.29 is 9.90 Å². The van der Waals surface area contributed by atoms with Crippen molar-refractivity contribution in [2.45, 2.75) is 18.9 Å². The highest BCUT2D eigenvalue weighted by Crippen LogP contribution is 2.09. The molecule has 4 heteroatoms. The van der Waals surface area contributed by atoms with E-state index in [9.17, 15) is 4.79 Å². The fraction of sp³-hybridized carbons (Fsp3) is 0.667. The number of carboxylic acids is 1. The number of hydrogen-bond donors (Lipinski definition) is 2. The van der Waals surface area contributed by atoms with Crippen LogP contribution < -0.4 is 5.73 Å². The first-order valence-corrected chi connectivity index (χ1v) is 4.48. The molecule has 0 bridgehead atoms. The summed E-state index contributed by atoms with van der Waals surface area (Å²) in [6.07, 6.45) is 2.09. The quantitative estimate of drug-likeness (QED) is 0.608. The van der Waals surface area contributed by atoms with Crippen LogP contribution in [0.5, 0.6) is 0 Å². The van der Waals surface area contributed by atoms with Gasteiger partial charge in [0.25, 0.3) is 0 Å². The first-order chi connectivity index (χ1) is 6.09. The number of piperidine rings is 1. The van der Waals surface area contributed by atoms with Crippen LogP contribution >= 0.6 is 0 Å². The Balaban J connectivity index is 2.36. The molecule has 1 fully saturated rings. The predicted molar refractivity (Wildman–Crippen MR) is 50.4 cm³/mol. The van der Waals surface area contributed by atoms with Gasteiger partial charge in [0.05, 0.1) is 0 Å². The fourth-order valence-electron chi connectivity index (χ4n) is 1.57. The number of hydrogen-bond acceptors (Lipinski definition) is 3. The molecule has 0 aliphatic carbocycles. The van der Waals surface area contributed by atoms with E-state index in [1.54, 1.807) is 0 Å². The first-order valence-electron chi connectivity index (χ1n) is 4.48. The summed E-state index contributed by atoms with van der Waals surface area (Å²) in [5.74, 6) is -0.917. The Kier molecular flexibility index (Phi) is 3.45. The molecule has 1 unspecified atom stereocenters. The van der Waals surface area contributed by atoms with E-state index < -0.39 is 5.97 Å². The minimum Gasteiger partial charge on any atom is -0.478 e. The molecule has 0 spiro atoms. The Morgan fingerprint density at radius 2 is 2.38 bits per heavy atom. The molecule has 0 aromatic carbocycles. The lowest BCUT2D eigenvalue weighted by Crippen LogP contribution is -2.43. The Labute approximate surface area is 78.0 Å². The molecule has 0 amide bonds. The average Bonchev–Trinajstić information content (AvgIpc) is 2.04. The molecule has 0 aromatic heterocycles. The third-order valence-electron chi connectivity index (χ3n) is 2.26. The van der Waals surface area contributed by atoms with Crippen molar-refractivity contribution in [2.75, 3.05) is 19.6 Å². The number of nitrogens with zero attached hydrogens (tertiary/aromatic N) is 1. The number of aliphatic carboxylic acids is 1. The zero-order valence-corrected chi connectivity index (χ0v) is 7.70. The van der Waals surface area contributed by atoms with Crippen LogP contribution in [0.2, 0.25) is 0 Å². The van der Waals surface area contributed by atoms with Crippen LogP contribution in [0.25, 0.3) is 0 Å². The molecule has 4 nitrogen and oxygen atoms in total. The smallest absolute Gasteiger partial charge is 0.332 e. The van der Waals surface area contributed by atoms with Crippen molar-refractivity contribution in [2.24, 2.45) is 5.73 Å². The molecule has 1 rings (SSSR count). The zero-order chi connectivity index (χ0) is 9.84. The van der Waals surface area contributed by atoms with Gasteiger partial charge in [-0.2, -0.15) is 0 Å². The van der Waals surface area contributed by atoms with Crippen LogP contribution in [0.1, 0.15) is 12.8 Å². The summed E-state index contributed by atoms with van der Waals surface area (Å²) in [4.78, 5) is 12.5. The standard InChI is InChI=1S/C9H16N2O2/c1-7(9(12)13)5-11-4-2-3-8(10)6-11/h8H,1-6,10H2,(H,12,13). The van der Waals surface area contributed by atoms with E-state index in [2.05, 4.69) is 6.58 Å². The van der Waals surface area contributed by atoms with Crippen LogP contribution in [0.4, 0.5) is 0 Å². The molecule has 13 heavy (non-hydrogen) atoms. The van der Waals surface area contributed by atoms with Gasteiger partial charge >= 0.3 is 5.97 Å². The van der Waals surface area contributed by atoms with Gasteiger partial charge < -0.3 is 10.8 Å². The lowest BCUT2D eigenvalue weighted by atomic mass is 10.1. The van der Waals surface area contributed by atoms with Crippen molar-refractivity contribution in [3.05, 3.63) is 12.2 Å².